The van der Waals surface area contributed by atoms with E-state index in [1.54, 1.807) is 14.2 Å². The molecule has 0 aliphatic carbocycles. The van der Waals surface area contributed by atoms with Crippen molar-refractivity contribution in [3.8, 4) is 78.8 Å². The number of hydrogen-bond acceptors (Lipinski definition) is 2. The van der Waals surface area contributed by atoms with Crippen LogP contribution in [0.4, 0.5) is 0 Å². The van der Waals surface area contributed by atoms with Gasteiger partial charge in [-0.3, -0.25) is 0 Å². The fraction of sp³-hybridized carbons (Fsp3) is 0.148. The molecule has 0 amide bonds. The molecule has 8 aromatic rings. The third-order valence-electron chi connectivity index (χ3n) is 11.0. The molecule has 0 aliphatic heterocycles. The molecule has 4 nitrogen and oxygen atoms in total. The zero-order valence-corrected chi connectivity index (χ0v) is 33.4. The Bertz CT molecular complexity index is 2230. The summed E-state index contributed by atoms with van der Waals surface area (Å²) in [5.41, 5.74) is 14.5. The third kappa shape index (κ3) is 8.77. The van der Waals surface area contributed by atoms with Crippen LogP contribution in [0.1, 0.15) is 25.7 Å². The van der Waals surface area contributed by atoms with Crippen LogP contribution < -0.4 is 18.6 Å². The van der Waals surface area contributed by atoms with Gasteiger partial charge >= 0.3 is 0 Å². The first-order valence-corrected chi connectivity index (χ1v) is 20.3. The van der Waals surface area contributed by atoms with Gasteiger partial charge in [0.25, 0.3) is 0 Å². The Labute approximate surface area is 343 Å². The predicted molar refractivity (Wildman–Crippen MR) is 237 cm³/mol. The van der Waals surface area contributed by atoms with Crippen LogP contribution in [0.3, 0.4) is 0 Å². The van der Waals surface area contributed by atoms with E-state index in [0.29, 0.717) is 0 Å². The van der Waals surface area contributed by atoms with Gasteiger partial charge in [-0.1, -0.05) is 97.1 Å². The second-order valence-electron chi connectivity index (χ2n) is 14.7. The minimum Gasteiger partial charge on any atom is -0.497 e. The number of methoxy groups -OCH3 is 2. The van der Waals surface area contributed by atoms with Crippen LogP contribution in [0.2, 0.25) is 0 Å². The van der Waals surface area contributed by atoms with Crippen LogP contribution in [-0.4, -0.2) is 14.2 Å². The molecule has 2 aromatic heterocycles. The minimum atomic E-state index is 0.859. The van der Waals surface area contributed by atoms with E-state index in [-0.39, 0.29) is 0 Å². The lowest BCUT2D eigenvalue weighted by atomic mass is 9.98. The number of ether oxygens (including phenoxy) is 2. The highest BCUT2D eigenvalue weighted by molar-refractivity contribution is 5.75. The first kappa shape index (κ1) is 38.1. The second-order valence-corrected chi connectivity index (χ2v) is 14.7. The quantitative estimate of drug-likeness (QED) is 0.0769. The fourth-order valence-corrected chi connectivity index (χ4v) is 7.91. The lowest BCUT2D eigenvalue weighted by Gasteiger charge is -2.14. The molecule has 286 valence electrons. The first-order chi connectivity index (χ1) is 28.7. The van der Waals surface area contributed by atoms with Crippen LogP contribution in [0.15, 0.2) is 194 Å². The van der Waals surface area contributed by atoms with Gasteiger partial charge in [0.1, 0.15) is 24.6 Å². The summed E-state index contributed by atoms with van der Waals surface area (Å²) in [4.78, 5) is 0. The van der Waals surface area contributed by atoms with Crippen molar-refractivity contribution in [2.45, 2.75) is 38.8 Å². The topological polar surface area (TPSA) is 26.2 Å². The van der Waals surface area contributed by atoms with Crippen molar-refractivity contribution >= 4 is 0 Å². The smallest absolute Gasteiger partial charge is 0.213 e. The molecule has 58 heavy (non-hydrogen) atoms. The molecule has 4 heteroatoms. The summed E-state index contributed by atoms with van der Waals surface area (Å²) in [5.74, 6) is 1.72. The van der Waals surface area contributed by atoms with Crippen LogP contribution in [0, 0.1) is 0 Å². The van der Waals surface area contributed by atoms with Gasteiger partial charge in [0.15, 0.2) is 0 Å². The summed E-state index contributed by atoms with van der Waals surface area (Å²) in [6.07, 6.45) is 4.40. The van der Waals surface area contributed by atoms with E-state index in [0.717, 1.165) is 50.3 Å². The third-order valence-corrected chi connectivity index (χ3v) is 11.0. The summed E-state index contributed by atoms with van der Waals surface area (Å²) in [7, 11) is 3.43. The largest absolute Gasteiger partial charge is 0.497 e. The molecule has 0 radical (unpaired) electrons. The van der Waals surface area contributed by atoms with Crippen LogP contribution in [-0.2, 0) is 13.1 Å². The van der Waals surface area contributed by atoms with E-state index in [4.69, 9.17) is 9.47 Å². The van der Waals surface area contributed by atoms with Crippen molar-refractivity contribution in [3.05, 3.63) is 194 Å². The Morgan fingerprint density at radius 1 is 0.293 bits per heavy atom. The van der Waals surface area contributed by atoms with E-state index < -0.39 is 0 Å². The average Bonchev–Trinajstić information content (AvgIpc) is 3.31. The van der Waals surface area contributed by atoms with Gasteiger partial charge in [-0.05, 0) is 108 Å². The maximum atomic E-state index is 5.48. The molecule has 6 aromatic carbocycles. The first-order valence-electron chi connectivity index (χ1n) is 20.3. The minimum absolute atomic E-state index is 0.859. The summed E-state index contributed by atoms with van der Waals surface area (Å²) < 4.78 is 16.0. The number of pyridine rings is 2. The van der Waals surface area contributed by atoms with Crippen molar-refractivity contribution in [2.75, 3.05) is 14.2 Å². The standard InChI is InChI=1S/C54H50N2O2/c1-57-49-31-27-41(28-32-49)47-37-51(43-19-9-5-10-20-43)55(52(38-47)44-21-11-6-12-22-44)35-17-3-4-18-36-56-53(45-23-13-7-14-24-45)39-48(42-29-33-50(58-2)34-30-42)40-54(56)46-25-15-8-16-26-46/h5-16,19-34,37-40H,3-4,17-18,35-36H2,1-2H3/q+2. The predicted octanol–water partition coefficient (Wildman–Crippen LogP) is 12.5. The monoisotopic (exact) mass is 758 g/mol. The normalized spacial score (nSPS) is 11.0. The van der Waals surface area contributed by atoms with Crippen molar-refractivity contribution in [3.63, 3.8) is 0 Å². The molecule has 0 fully saturated rings. The number of aromatic nitrogens is 2. The van der Waals surface area contributed by atoms with Gasteiger partial charge in [-0.2, -0.15) is 9.13 Å². The molecule has 8 rings (SSSR count). The van der Waals surface area contributed by atoms with Gasteiger partial charge in [-0.25, -0.2) is 0 Å². The molecule has 0 atom stereocenters. The van der Waals surface area contributed by atoms with Crippen molar-refractivity contribution in [2.24, 2.45) is 0 Å². The molecule has 0 saturated heterocycles. The Balaban J connectivity index is 1.08. The molecular weight excluding hydrogens is 709 g/mol. The lowest BCUT2D eigenvalue weighted by molar-refractivity contribution is -0.677. The summed E-state index contributed by atoms with van der Waals surface area (Å²) in [6, 6.07) is 69.5. The van der Waals surface area contributed by atoms with Gasteiger partial charge in [0.05, 0.1) is 14.2 Å². The highest BCUT2D eigenvalue weighted by atomic mass is 16.5. The van der Waals surface area contributed by atoms with Crippen molar-refractivity contribution in [1.82, 2.24) is 0 Å². The maximum Gasteiger partial charge on any atom is 0.213 e. The zero-order valence-electron chi connectivity index (χ0n) is 33.4. The summed E-state index contributed by atoms with van der Waals surface area (Å²) in [5, 5.41) is 0. The van der Waals surface area contributed by atoms with E-state index in [2.05, 4.69) is 179 Å². The summed E-state index contributed by atoms with van der Waals surface area (Å²) in [6.45, 7) is 1.84. The highest BCUT2D eigenvalue weighted by Crippen LogP contribution is 2.32. The van der Waals surface area contributed by atoms with Gasteiger partial charge in [-0.15, -0.1) is 0 Å². The van der Waals surface area contributed by atoms with E-state index >= 15 is 0 Å². The van der Waals surface area contributed by atoms with Gasteiger partial charge < -0.3 is 9.47 Å². The Kier molecular flexibility index (Phi) is 12.1. The molecule has 0 bridgehead atoms. The number of benzene rings is 6. The molecule has 0 N–H and O–H groups in total. The fourth-order valence-electron chi connectivity index (χ4n) is 7.91. The Hall–Kier alpha value is -6.78. The second kappa shape index (κ2) is 18.4. The summed E-state index contributed by atoms with van der Waals surface area (Å²) >= 11 is 0. The molecule has 0 unspecified atom stereocenters. The van der Waals surface area contributed by atoms with Crippen LogP contribution in [0.5, 0.6) is 11.5 Å². The Morgan fingerprint density at radius 3 is 0.828 bits per heavy atom. The van der Waals surface area contributed by atoms with Crippen LogP contribution in [0.25, 0.3) is 67.3 Å². The van der Waals surface area contributed by atoms with Crippen LogP contribution >= 0.6 is 0 Å². The number of hydrogen-bond donors (Lipinski definition) is 0. The van der Waals surface area contributed by atoms with E-state index in [1.807, 2.05) is 24.3 Å². The molecule has 0 aliphatic rings. The lowest BCUT2D eigenvalue weighted by Crippen LogP contribution is -2.39. The van der Waals surface area contributed by atoms with Gasteiger partial charge in [0.2, 0.25) is 22.8 Å². The molecule has 0 spiro atoms. The van der Waals surface area contributed by atoms with Gasteiger partial charge in [0, 0.05) is 59.4 Å². The average molecular weight is 759 g/mol. The molecule has 2 heterocycles. The number of rotatable bonds is 15. The molecule has 0 saturated carbocycles. The highest BCUT2D eigenvalue weighted by Gasteiger charge is 2.24. The number of unbranched alkanes of at least 4 members (excludes halogenated alkanes) is 3. The van der Waals surface area contributed by atoms with E-state index in [1.165, 1.54) is 67.3 Å². The van der Waals surface area contributed by atoms with Crippen molar-refractivity contribution < 1.29 is 18.6 Å². The van der Waals surface area contributed by atoms with E-state index in [9.17, 15) is 0 Å². The maximum absolute atomic E-state index is 5.48. The SMILES string of the molecule is COc1ccc(-c2cc(-c3ccccc3)[n+](CCCCCC[n+]3c(-c4ccccc4)cc(-c4ccc(OC)cc4)cc3-c3ccccc3)c(-c3ccccc3)c2)cc1. The number of nitrogens with zero attached hydrogens (tertiary/aromatic N) is 2. The zero-order chi connectivity index (χ0) is 39.5. The Morgan fingerprint density at radius 2 is 0.569 bits per heavy atom. The molecular formula is C54H50N2O2+2. The van der Waals surface area contributed by atoms with Crippen molar-refractivity contribution in [1.29, 1.82) is 0 Å².